The standard InChI is InChI=1S/C22H22FN3O/c23-21-11-5-4-10-20(21)12-14-26(17-19-9-6-13-24-15-19)22(27)25-16-18-7-2-1-3-8-18/h1-11,13,15H,12,14,16-17H2,(H,25,27). The molecule has 1 heterocycles. The maximum absolute atomic E-state index is 13.9. The molecule has 0 saturated carbocycles. The highest BCUT2D eigenvalue weighted by Gasteiger charge is 2.15. The summed E-state index contributed by atoms with van der Waals surface area (Å²) in [5, 5.41) is 2.94. The van der Waals surface area contributed by atoms with Crippen LogP contribution in [0.5, 0.6) is 0 Å². The molecule has 0 spiro atoms. The molecular weight excluding hydrogens is 341 g/mol. The quantitative estimate of drug-likeness (QED) is 0.685. The van der Waals surface area contributed by atoms with E-state index < -0.39 is 0 Å². The van der Waals surface area contributed by atoms with E-state index >= 15 is 0 Å². The summed E-state index contributed by atoms with van der Waals surface area (Å²) >= 11 is 0. The van der Waals surface area contributed by atoms with Gasteiger partial charge >= 0.3 is 6.03 Å². The lowest BCUT2D eigenvalue weighted by Gasteiger charge is -2.23. The number of carbonyl (C=O) groups is 1. The van der Waals surface area contributed by atoms with Gasteiger partial charge in [0.1, 0.15) is 5.82 Å². The number of aromatic nitrogens is 1. The Balaban J connectivity index is 1.66. The number of amides is 2. The highest BCUT2D eigenvalue weighted by atomic mass is 19.1. The molecule has 138 valence electrons. The van der Waals surface area contributed by atoms with Crippen LogP contribution >= 0.6 is 0 Å². The summed E-state index contributed by atoms with van der Waals surface area (Å²) < 4.78 is 13.9. The van der Waals surface area contributed by atoms with Gasteiger partial charge in [-0.2, -0.15) is 0 Å². The van der Waals surface area contributed by atoms with Crippen molar-refractivity contribution < 1.29 is 9.18 Å². The maximum atomic E-state index is 13.9. The van der Waals surface area contributed by atoms with Gasteiger partial charge in [0.05, 0.1) is 0 Å². The van der Waals surface area contributed by atoms with Gasteiger partial charge in [-0.3, -0.25) is 4.98 Å². The van der Waals surface area contributed by atoms with Crippen LogP contribution in [0.1, 0.15) is 16.7 Å². The van der Waals surface area contributed by atoms with E-state index in [0.717, 1.165) is 11.1 Å². The van der Waals surface area contributed by atoms with E-state index in [2.05, 4.69) is 10.3 Å². The number of hydrogen-bond acceptors (Lipinski definition) is 2. The second-order valence-corrected chi connectivity index (χ2v) is 6.27. The van der Waals surface area contributed by atoms with E-state index in [9.17, 15) is 9.18 Å². The van der Waals surface area contributed by atoms with Crippen molar-refractivity contribution in [2.24, 2.45) is 0 Å². The SMILES string of the molecule is O=C(NCc1ccccc1)N(CCc1ccccc1F)Cc1cccnc1. The van der Waals surface area contributed by atoms with Crippen molar-refractivity contribution in [3.05, 3.63) is 102 Å². The molecule has 5 heteroatoms. The second-order valence-electron chi connectivity index (χ2n) is 6.27. The first-order valence-electron chi connectivity index (χ1n) is 8.91. The Kier molecular flexibility index (Phi) is 6.52. The Hall–Kier alpha value is -3.21. The molecule has 0 aliphatic carbocycles. The van der Waals surface area contributed by atoms with Gasteiger partial charge in [0.15, 0.2) is 0 Å². The fourth-order valence-corrected chi connectivity index (χ4v) is 2.81. The average Bonchev–Trinajstić information content (AvgIpc) is 2.72. The summed E-state index contributed by atoms with van der Waals surface area (Å²) in [7, 11) is 0. The van der Waals surface area contributed by atoms with Gasteiger partial charge in [-0.25, -0.2) is 9.18 Å². The van der Waals surface area contributed by atoms with Crippen LogP contribution in [0.25, 0.3) is 0 Å². The van der Waals surface area contributed by atoms with E-state index in [1.165, 1.54) is 6.07 Å². The molecule has 4 nitrogen and oxygen atoms in total. The molecule has 0 radical (unpaired) electrons. The molecule has 0 aliphatic heterocycles. The van der Waals surface area contributed by atoms with E-state index in [0.29, 0.717) is 31.6 Å². The van der Waals surface area contributed by atoms with Crippen molar-refractivity contribution in [1.29, 1.82) is 0 Å². The molecule has 0 unspecified atom stereocenters. The zero-order valence-electron chi connectivity index (χ0n) is 15.0. The number of hydrogen-bond donors (Lipinski definition) is 1. The van der Waals surface area contributed by atoms with Gasteiger partial charge in [-0.05, 0) is 35.2 Å². The number of halogens is 1. The van der Waals surface area contributed by atoms with E-state index in [-0.39, 0.29) is 11.8 Å². The van der Waals surface area contributed by atoms with Crippen LogP contribution in [0.15, 0.2) is 79.1 Å². The summed E-state index contributed by atoms with van der Waals surface area (Å²) in [6, 6.07) is 20.0. The zero-order chi connectivity index (χ0) is 18.9. The van der Waals surface area contributed by atoms with Crippen molar-refractivity contribution >= 4 is 6.03 Å². The smallest absolute Gasteiger partial charge is 0.317 e. The lowest BCUT2D eigenvalue weighted by atomic mass is 10.1. The molecule has 1 aromatic heterocycles. The Morgan fingerprint density at radius 3 is 2.44 bits per heavy atom. The first-order valence-corrected chi connectivity index (χ1v) is 8.91. The first kappa shape index (κ1) is 18.6. The van der Waals surface area contributed by atoms with Crippen molar-refractivity contribution in [1.82, 2.24) is 15.2 Å². The van der Waals surface area contributed by atoms with Crippen molar-refractivity contribution in [2.75, 3.05) is 6.54 Å². The van der Waals surface area contributed by atoms with Gasteiger partial charge < -0.3 is 10.2 Å². The molecule has 0 bridgehead atoms. The average molecular weight is 363 g/mol. The molecular formula is C22H22FN3O. The van der Waals surface area contributed by atoms with Crippen LogP contribution in [0.3, 0.4) is 0 Å². The molecule has 0 fully saturated rings. The number of benzene rings is 2. The van der Waals surface area contributed by atoms with E-state index in [4.69, 9.17) is 0 Å². The van der Waals surface area contributed by atoms with Crippen molar-refractivity contribution in [3.63, 3.8) is 0 Å². The maximum Gasteiger partial charge on any atom is 0.317 e. The van der Waals surface area contributed by atoms with Crippen LogP contribution in [-0.4, -0.2) is 22.5 Å². The predicted molar refractivity (Wildman–Crippen MR) is 103 cm³/mol. The molecule has 0 saturated heterocycles. The van der Waals surface area contributed by atoms with Crippen LogP contribution < -0.4 is 5.32 Å². The van der Waals surface area contributed by atoms with Crippen molar-refractivity contribution in [3.8, 4) is 0 Å². The molecule has 27 heavy (non-hydrogen) atoms. The van der Waals surface area contributed by atoms with Crippen LogP contribution in [-0.2, 0) is 19.5 Å². The monoisotopic (exact) mass is 363 g/mol. The number of carbonyl (C=O) groups excluding carboxylic acids is 1. The zero-order valence-corrected chi connectivity index (χ0v) is 15.0. The fraction of sp³-hybridized carbons (Fsp3) is 0.182. The summed E-state index contributed by atoms with van der Waals surface area (Å²) in [6.07, 6.45) is 3.88. The Bertz CT molecular complexity index is 856. The predicted octanol–water partition coefficient (Wildman–Crippen LogP) is 4.18. The molecule has 0 aliphatic rings. The third-order valence-electron chi connectivity index (χ3n) is 4.28. The number of urea groups is 1. The van der Waals surface area contributed by atoms with E-state index in [1.807, 2.05) is 42.5 Å². The highest BCUT2D eigenvalue weighted by molar-refractivity contribution is 5.74. The van der Waals surface area contributed by atoms with Crippen LogP contribution in [0.4, 0.5) is 9.18 Å². The van der Waals surface area contributed by atoms with Gasteiger partial charge in [-0.15, -0.1) is 0 Å². The summed E-state index contributed by atoms with van der Waals surface area (Å²) in [6.45, 7) is 1.28. The molecule has 3 rings (SSSR count). The fourth-order valence-electron chi connectivity index (χ4n) is 2.81. The highest BCUT2D eigenvalue weighted by Crippen LogP contribution is 2.10. The van der Waals surface area contributed by atoms with Crippen molar-refractivity contribution in [2.45, 2.75) is 19.5 Å². The third-order valence-corrected chi connectivity index (χ3v) is 4.28. The molecule has 1 N–H and O–H groups in total. The number of nitrogens with one attached hydrogen (secondary N) is 1. The van der Waals surface area contributed by atoms with Gasteiger partial charge in [0.25, 0.3) is 0 Å². The Morgan fingerprint density at radius 2 is 1.70 bits per heavy atom. The van der Waals surface area contributed by atoms with Gasteiger partial charge in [0, 0.05) is 32.0 Å². The number of rotatable bonds is 7. The Labute approximate surface area is 158 Å². The Morgan fingerprint density at radius 1 is 0.963 bits per heavy atom. The minimum Gasteiger partial charge on any atom is -0.334 e. The lowest BCUT2D eigenvalue weighted by Crippen LogP contribution is -2.40. The summed E-state index contributed by atoms with van der Waals surface area (Å²) in [4.78, 5) is 18.5. The summed E-state index contributed by atoms with van der Waals surface area (Å²) in [5.74, 6) is -0.247. The summed E-state index contributed by atoms with van der Waals surface area (Å²) in [5.41, 5.74) is 2.56. The van der Waals surface area contributed by atoms with E-state index in [1.54, 1.807) is 35.5 Å². The normalized spacial score (nSPS) is 10.4. The molecule has 2 amide bonds. The van der Waals surface area contributed by atoms with Crippen LogP contribution in [0, 0.1) is 5.82 Å². The first-order chi connectivity index (χ1) is 13.2. The topological polar surface area (TPSA) is 45.2 Å². The molecule has 3 aromatic rings. The lowest BCUT2D eigenvalue weighted by molar-refractivity contribution is 0.195. The molecule has 2 aromatic carbocycles. The van der Waals surface area contributed by atoms with Gasteiger partial charge in [-0.1, -0.05) is 54.6 Å². The number of pyridine rings is 1. The third kappa shape index (κ3) is 5.64. The second kappa shape index (κ2) is 9.48. The minimum atomic E-state index is -0.247. The number of nitrogens with zero attached hydrogens (tertiary/aromatic N) is 2. The largest absolute Gasteiger partial charge is 0.334 e. The van der Waals surface area contributed by atoms with Gasteiger partial charge in [0.2, 0.25) is 0 Å². The molecule has 0 atom stereocenters. The van der Waals surface area contributed by atoms with Crippen LogP contribution in [0.2, 0.25) is 0 Å². The minimum absolute atomic E-state index is 0.181.